The minimum atomic E-state index is -0.814. The molecule has 1 rings (SSSR count). The average molecular weight is 198 g/mol. The molecule has 0 saturated carbocycles. The second kappa shape index (κ2) is 5.11. The van der Waals surface area contributed by atoms with E-state index in [1.54, 1.807) is 0 Å². The fraction of sp³-hybridized carbons (Fsp3) is 0.375. The molecular weight excluding hydrogens is 187 g/mol. The van der Waals surface area contributed by atoms with E-state index in [1.807, 2.05) is 6.92 Å². The highest BCUT2D eigenvalue weighted by atomic mass is 19.1. The van der Waals surface area contributed by atoms with Gasteiger partial charge in [-0.15, -0.1) is 0 Å². The van der Waals surface area contributed by atoms with E-state index in [4.69, 9.17) is 0 Å². The number of likely N-dealkylation sites (N-methyl/N-ethyl adjacent to an activating group) is 1. The van der Waals surface area contributed by atoms with Crippen LogP contribution in [0.3, 0.4) is 0 Å². The second-order valence-electron chi connectivity index (χ2n) is 2.52. The molecule has 76 valence electrons. The number of hydrogen-bond donors (Lipinski definition) is 2. The Morgan fingerprint density at radius 2 is 2.43 bits per heavy atom. The third-order valence-electron chi connectivity index (χ3n) is 1.43. The van der Waals surface area contributed by atoms with Crippen molar-refractivity contribution in [1.82, 2.24) is 15.3 Å². The molecule has 0 bridgehead atoms. The first-order valence-electron chi connectivity index (χ1n) is 4.21. The Kier molecular flexibility index (Phi) is 3.78. The van der Waals surface area contributed by atoms with Gasteiger partial charge in [0.25, 0.3) is 0 Å². The molecule has 0 aliphatic rings. The highest BCUT2D eigenvalue weighted by Gasteiger charge is 2.00. The van der Waals surface area contributed by atoms with Gasteiger partial charge in [0.05, 0.1) is 6.54 Å². The predicted molar refractivity (Wildman–Crippen MR) is 49.2 cm³/mol. The van der Waals surface area contributed by atoms with Crippen LogP contribution in [0.25, 0.3) is 0 Å². The summed E-state index contributed by atoms with van der Waals surface area (Å²) in [6, 6.07) is 1.49. The Bertz CT molecular complexity index is 318. The van der Waals surface area contributed by atoms with Gasteiger partial charge in [0.15, 0.2) is 0 Å². The Balaban J connectivity index is 2.41. The first-order chi connectivity index (χ1) is 6.72. The molecule has 0 spiro atoms. The van der Waals surface area contributed by atoms with Gasteiger partial charge in [0.1, 0.15) is 5.82 Å². The standard InChI is InChI=1S/C8H11FN4O/c1-2-10-7(14)5-12-6-3-4-11-8(9)13-6/h3-4H,2,5H2,1H3,(H,10,14)(H,11,12,13). The SMILES string of the molecule is CCNC(=O)CNc1ccnc(F)n1. The number of aromatic nitrogens is 2. The van der Waals surface area contributed by atoms with Crippen LogP contribution in [0.1, 0.15) is 6.92 Å². The Labute approximate surface area is 80.8 Å². The Morgan fingerprint density at radius 1 is 1.64 bits per heavy atom. The van der Waals surface area contributed by atoms with Crippen molar-refractivity contribution < 1.29 is 9.18 Å². The van der Waals surface area contributed by atoms with E-state index in [2.05, 4.69) is 20.6 Å². The van der Waals surface area contributed by atoms with Crippen LogP contribution in [-0.4, -0.2) is 29.0 Å². The Hall–Kier alpha value is -1.72. The number of carbonyl (C=O) groups is 1. The van der Waals surface area contributed by atoms with E-state index in [9.17, 15) is 9.18 Å². The van der Waals surface area contributed by atoms with Gasteiger partial charge in [-0.3, -0.25) is 4.79 Å². The van der Waals surface area contributed by atoms with Crippen LogP contribution >= 0.6 is 0 Å². The molecular formula is C8H11FN4O. The van der Waals surface area contributed by atoms with Crippen LogP contribution in [0.4, 0.5) is 10.2 Å². The number of nitrogens with zero attached hydrogens (tertiary/aromatic N) is 2. The molecule has 0 saturated heterocycles. The predicted octanol–water partition coefficient (Wildman–Crippen LogP) is 0.164. The lowest BCUT2D eigenvalue weighted by Gasteiger charge is -2.04. The lowest BCUT2D eigenvalue weighted by Crippen LogP contribution is -2.29. The molecule has 0 atom stereocenters. The highest BCUT2D eigenvalue weighted by molar-refractivity contribution is 5.80. The number of amides is 1. The summed E-state index contributed by atoms with van der Waals surface area (Å²) in [6.45, 7) is 2.46. The van der Waals surface area contributed by atoms with Crippen molar-refractivity contribution in [2.24, 2.45) is 0 Å². The first kappa shape index (κ1) is 10.4. The summed E-state index contributed by atoms with van der Waals surface area (Å²) in [6.07, 6.45) is 0.466. The number of anilines is 1. The van der Waals surface area contributed by atoms with Gasteiger partial charge in [0, 0.05) is 12.7 Å². The average Bonchev–Trinajstić information content (AvgIpc) is 2.15. The summed E-state index contributed by atoms with van der Waals surface area (Å²) in [5.41, 5.74) is 0. The van der Waals surface area contributed by atoms with Gasteiger partial charge in [-0.25, -0.2) is 4.98 Å². The molecule has 0 fully saturated rings. The van der Waals surface area contributed by atoms with E-state index >= 15 is 0 Å². The molecule has 1 aromatic rings. The zero-order valence-corrected chi connectivity index (χ0v) is 7.75. The van der Waals surface area contributed by atoms with Crippen molar-refractivity contribution in [3.63, 3.8) is 0 Å². The van der Waals surface area contributed by atoms with Gasteiger partial charge >= 0.3 is 6.08 Å². The molecule has 14 heavy (non-hydrogen) atoms. The molecule has 0 aromatic carbocycles. The molecule has 1 aromatic heterocycles. The third-order valence-corrected chi connectivity index (χ3v) is 1.43. The third kappa shape index (κ3) is 3.34. The van der Waals surface area contributed by atoms with Crippen LogP contribution in [0.2, 0.25) is 0 Å². The molecule has 1 heterocycles. The maximum Gasteiger partial charge on any atom is 0.310 e. The molecule has 0 aliphatic carbocycles. The minimum Gasteiger partial charge on any atom is -0.361 e. The van der Waals surface area contributed by atoms with Crippen molar-refractivity contribution >= 4 is 11.7 Å². The lowest BCUT2D eigenvalue weighted by atomic mass is 10.5. The van der Waals surface area contributed by atoms with E-state index < -0.39 is 6.08 Å². The topological polar surface area (TPSA) is 66.9 Å². The van der Waals surface area contributed by atoms with Crippen LogP contribution in [0, 0.1) is 6.08 Å². The van der Waals surface area contributed by atoms with Crippen molar-refractivity contribution in [3.05, 3.63) is 18.3 Å². The number of nitrogens with one attached hydrogen (secondary N) is 2. The molecule has 0 radical (unpaired) electrons. The minimum absolute atomic E-state index is 0.0737. The molecule has 5 nitrogen and oxygen atoms in total. The highest BCUT2D eigenvalue weighted by Crippen LogP contribution is 1.99. The first-order valence-corrected chi connectivity index (χ1v) is 4.21. The summed E-state index contributed by atoms with van der Waals surface area (Å²) in [4.78, 5) is 17.7. The summed E-state index contributed by atoms with van der Waals surface area (Å²) >= 11 is 0. The maximum atomic E-state index is 12.5. The van der Waals surface area contributed by atoms with Crippen molar-refractivity contribution in [1.29, 1.82) is 0 Å². The van der Waals surface area contributed by atoms with E-state index in [1.165, 1.54) is 12.3 Å². The van der Waals surface area contributed by atoms with Crippen molar-refractivity contribution in [2.75, 3.05) is 18.4 Å². The summed E-state index contributed by atoms with van der Waals surface area (Å²) in [5.74, 6) is 0.135. The second-order valence-corrected chi connectivity index (χ2v) is 2.52. The quantitative estimate of drug-likeness (QED) is 0.676. The van der Waals surface area contributed by atoms with Gasteiger partial charge in [-0.1, -0.05) is 0 Å². The monoisotopic (exact) mass is 198 g/mol. The smallest absolute Gasteiger partial charge is 0.310 e. The van der Waals surface area contributed by atoms with Crippen LogP contribution < -0.4 is 10.6 Å². The molecule has 2 N–H and O–H groups in total. The number of halogens is 1. The van der Waals surface area contributed by atoms with Crippen molar-refractivity contribution in [3.8, 4) is 0 Å². The molecule has 0 aliphatic heterocycles. The van der Waals surface area contributed by atoms with Gasteiger partial charge < -0.3 is 10.6 Å². The molecule has 0 unspecified atom stereocenters. The van der Waals surface area contributed by atoms with Crippen LogP contribution in [-0.2, 0) is 4.79 Å². The van der Waals surface area contributed by atoms with Crippen molar-refractivity contribution in [2.45, 2.75) is 6.92 Å². The van der Waals surface area contributed by atoms with Crippen LogP contribution in [0.5, 0.6) is 0 Å². The van der Waals surface area contributed by atoms with E-state index in [0.29, 0.717) is 12.4 Å². The van der Waals surface area contributed by atoms with Crippen LogP contribution in [0.15, 0.2) is 12.3 Å². The van der Waals surface area contributed by atoms with E-state index in [0.717, 1.165) is 0 Å². The zero-order valence-electron chi connectivity index (χ0n) is 7.75. The fourth-order valence-electron chi connectivity index (χ4n) is 0.864. The number of carbonyl (C=O) groups excluding carboxylic acids is 1. The normalized spacial score (nSPS) is 9.57. The van der Waals surface area contributed by atoms with Gasteiger partial charge in [0.2, 0.25) is 5.91 Å². The molecule has 1 amide bonds. The van der Waals surface area contributed by atoms with Gasteiger partial charge in [-0.05, 0) is 13.0 Å². The summed E-state index contributed by atoms with van der Waals surface area (Å²) < 4.78 is 12.5. The largest absolute Gasteiger partial charge is 0.361 e. The zero-order chi connectivity index (χ0) is 10.4. The summed E-state index contributed by atoms with van der Waals surface area (Å²) in [7, 11) is 0. The van der Waals surface area contributed by atoms with Gasteiger partial charge in [-0.2, -0.15) is 9.37 Å². The summed E-state index contributed by atoms with van der Waals surface area (Å²) in [5, 5.41) is 5.26. The maximum absolute atomic E-state index is 12.5. The number of rotatable bonds is 4. The number of hydrogen-bond acceptors (Lipinski definition) is 4. The fourth-order valence-corrected chi connectivity index (χ4v) is 0.864. The van der Waals surface area contributed by atoms with E-state index in [-0.39, 0.29) is 12.5 Å². The molecule has 6 heteroatoms. The Morgan fingerprint density at radius 3 is 3.07 bits per heavy atom. The lowest BCUT2D eigenvalue weighted by molar-refractivity contribution is -0.119.